The number of halogens is 3. The van der Waals surface area contributed by atoms with Crippen molar-refractivity contribution < 1.29 is 36.3 Å². The summed E-state index contributed by atoms with van der Waals surface area (Å²) >= 11 is 5.99. The number of sulfone groups is 1. The van der Waals surface area contributed by atoms with Gasteiger partial charge in [-0.15, -0.1) is 0 Å². The molecule has 2 aliphatic rings. The molecular weight excluding hydrogens is 554 g/mol. The minimum atomic E-state index is -4.12. The van der Waals surface area contributed by atoms with E-state index < -0.39 is 56.9 Å². The summed E-state index contributed by atoms with van der Waals surface area (Å²) in [5.74, 6) is -5.11. The van der Waals surface area contributed by atoms with Crippen molar-refractivity contribution >= 4 is 44.9 Å². The van der Waals surface area contributed by atoms with Crippen LogP contribution < -0.4 is 10.2 Å². The number of hydrogen-bond acceptors (Lipinski definition) is 6. The molecule has 1 aliphatic heterocycles. The summed E-state index contributed by atoms with van der Waals surface area (Å²) in [4.78, 5) is 40.2. The average Bonchev–Trinajstić information content (AvgIpc) is 2.86. The van der Waals surface area contributed by atoms with Crippen LogP contribution in [0.5, 0.6) is 0 Å². The Morgan fingerprint density at radius 3 is 2.36 bits per heavy atom. The fraction of sp³-hybridized carbons (Fsp3) is 0.444. The Hall–Kier alpha value is -3.05. The van der Waals surface area contributed by atoms with E-state index in [1.54, 1.807) is 45.0 Å². The van der Waals surface area contributed by atoms with E-state index >= 15 is 0 Å². The molecule has 4 rings (SSSR count). The standard InChI is InChI=1S/C27H29ClF2N2O6S/c1-26(2,3)38-25(35)31-20-15-39(36,37)23-9-6-18(22(33)10-17-12-27(29,30)13-17)11-21(23)32(24(20)34)14-16-4-7-19(28)8-5-16/h4-9,11,17,20H,10,12-15H2,1-3H3,(H,31,35)/t20-/m0/s1. The van der Waals surface area contributed by atoms with E-state index in [9.17, 15) is 31.6 Å². The van der Waals surface area contributed by atoms with Crippen LogP contribution in [-0.2, 0) is 25.9 Å². The van der Waals surface area contributed by atoms with Crippen molar-refractivity contribution in [3.05, 3.63) is 58.6 Å². The van der Waals surface area contributed by atoms with Crippen LogP contribution in [0.25, 0.3) is 0 Å². The van der Waals surface area contributed by atoms with Gasteiger partial charge in [0.05, 0.1) is 22.9 Å². The molecule has 2 aromatic rings. The Morgan fingerprint density at radius 1 is 1.13 bits per heavy atom. The number of hydrogen-bond donors (Lipinski definition) is 1. The summed E-state index contributed by atoms with van der Waals surface area (Å²) in [6.07, 6.45) is -1.83. The SMILES string of the molecule is CC(C)(C)OC(=O)N[C@H]1CS(=O)(=O)c2ccc(C(=O)CC3CC(F)(F)C3)cc2N(Cc2ccc(Cl)cc2)C1=O. The van der Waals surface area contributed by atoms with Crippen LogP contribution >= 0.6 is 11.6 Å². The van der Waals surface area contributed by atoms with Gasteiger partial charge in [0, 0.05) is 29.8 Å². The number of fused-ring (bicyclic) bond motifs is 1. The highest BCUT2D eigenvalue weighted by atomic mass is 35.5. The first-order valence-electron chi connectivity index (χ1n) is 12.4. The molecule has 0 aromatic heterocycles. The lowest BCUT2D eigenvalue weighted by atomic mass is 9.77. The topological polar surface area (TPSA) is 110 Å². The second-order valence-corrected chi connectivity index (χ2v) is 13.4. The molecule has 2 amide bonds. The van der Waals surface area contributed by atoms with E-state index in [0.717, 1.165) is 0 Å². The number of carbonyl (C=O) groups is 3. The fourth-order valence-electron chi connectivity index (χ4n) is 4.65. The monoisotopic (exact) mass is 582 g/mol. The maximum atomic E-state index is 13.8. The van der Waals surface area contributed by atoms with Crippen LogP contribution in [0.4, 0.5) is 19.3 Å². The summed E-state index contributed by atoms with van der Waals surface area (Å²) in [6.45, 7) is 4.80. The van der Waals surface area contributed by atoms with Crippen molar-refractivity contribution in [2.75, 3.05) is 10.7 Å². The summed E-state index contributed by atoms with van der Waals surface area (Å²) in [6, 6.07) is 8.95. The third kappa shape index (κ3) is 6.94. The number of nitrogens with one attached hydrogen (secondary N) is 1. The molecule has 39 heavy (non-hydrogen) atoms. The Balaban J connectivity index is 1.71. The Labute approximate surface area is 230 Å². The molecule has 8 nitrogen and oxygen atoms in total. The van der Waals surface area contributed by atoms with Gasteiger partial charge in [-0.3, -0.25) is 9.59 Å². The molecule has 1 heterocycles. The number of carbonyl (C=O) groups excluding carboxylic acids is 3. The normalized spacial score (nSPS) is 20.4. The van der Waals surface area contributed by atoms with E-state index in [1.807, 2.05) is 0 Å². The maximum Gasteiger partial charge on any atom is 0.408 e. The van der Waals surface area contributed by atoms with E-state index in [0.29, 0.717) is 10.6 Å². The zero-order chi connectivity index (χ0) is 28.8. The number of ketones is 1. The van der Waals surface area contributed by atoms with Gasteiger partial charge in [-0.2, -0.15) is 0 Å². The van der Waals surface area contributed by atoms with Crippen molar-refractivity contribution in [2.24, 2.45) is 5.92 Å². The first-order chi connectivity index (χ1) is 18.0. The van der Waals surface area contributed by atoms with Crippen LogP contribution in [0.1, 0.15) is 56.0 Å². The molecule has 0 saturated heterocycles. The molecule has 1 atom stereocenters. The zero-order valence-electron chi connectivity index (χ0n) is 21.7. The Bertz CT molecular complexity index is 1400. The first kappa shape index (κ1) is 28.9. The number of anilines is 1. The molecule has 1 fully saturated rings. The maximum absolute atomic E-state index is 13.8. The van der Waals surface area contributed by atoms with Crippen LogP contribution in [0.3, 0.4) is 0 Å². The van der Waals surface area contributed by atoms with Crippen molar-refractivity contribution in [3.63, 3.8) is 0 Å². The van der Waals surface area contributed by atoms with Gasteiger partial charge in [-0.25, -0.2) is 22.0 Å². The molecule has 1 saturated carbocycles. The highest BCUT2D eigenvalue weighted by Crippen LogP contribution is 2.44. The number of nitrogens with zero attached hydrogens (tertiary/aromatic N) is 1. The minimum absolute atomic E-state index is 0.0340. The van der Waals surface area contributed by atoms with Crippen molar-refractivity contribution in [3.8, 4) is 0 Å². The quantitative estimate of drug-likeness (QED) is 0.471. The summed E-state index contributed by atoms with van der Waals surface area (Å²) in [7, 11) is -4.12. The Morgan fingerprint density at radius 2 is 1.77 bits per heavy atom. The molecule has 0 unspecified atom stereocenters. The first-order valence-corrected chi connectivity index (χ1v) is 14.4. The molecular formula is C27H29ClF2N2O6S. The molecule has 0 radical (unpaired) electrons. The molecule has 0 bridgehead atoms. The van der Waals surface area contributed by atoms with Gasteiger partial charge in [0.1, 0.15) is 11.6 Å². The van der Waals surface area contributed by atoms with Crippen LogP contribution in [0, 0.1) is 5.92 Å². The largest absolute Gasteiger partial charge is 0.444 e. The van der Waals surface area contributed by atoms with Crippen LogP contribution in [0.2, 0.25) is 5.02 Å². The number of ether oxygens (including phenoxy) is 1. The van der Waals surface area contributed by atoms with E-state index in [2.05, 4.69) is 5.32 Å². The average molecular weight is 583 g/mol. The van der Waals surface area contributed by atoms with Gasteiger partial charge in [0.2, 0.25) is 5.92 Å². The molecule has 2 aromatic carbocycles. The lowest BCUT2D eigenvalue weighted by Crippen LogP contribution is -2.51. The highest BCUT2D eigenvalue weighted by molar-refractivity contribution is 7.91. The van der Waals surface area contributed by atoms with Crippen molar-refractivity contribution in [2.45, 2.75) is 69.0 Å². The molecule has 1 N–H and O–H groups in total. The van der Waals surface area contributed by atoms with Crippen molar-refractivity contribution in [1.82, 2.24) is 5.32 Å². The van der Waals surface area contributed by atoms with Crippen LogP contribution in [-0.4, -0.2) is 49.5 Å². The predicted octanol–water partition coefficient (Wildman–Crippen LogP) is 5.17. The van der Waals surface area contributed by atoms with Gasteiger partial charge in [-0.1, -0.05) is 23.7 Å². The van der Waals surface area contributed by atoms with E-state index in [4.69, 9.17) is 16.3 Å². The van der Waals surface area contributed by atoms with Gasteiger partial charge in [-0.05, 0) is 62.6 Å². The van der Waals surface area contributed by atoms with Crippen LogP contribution in [0.15, 0.2) is 47.4 Å². The number of alkyl halides is 2. The summed E-state index contributed by atoms with van der Waals surface area (Å²) in [5, 5.41) is 2.84. The number of alkyl carbamates (subject to hydrolysis) is 1. The zero-order valence-corrected chi connectivity index (χ0v) is 23.2. The summed E-state index contributed by atoms with van der Waals surface area (Å²) in [5.41, 5.74) is -0.204. The second kappa shape index (κ2) is 10.5. The molecule has 0 spiro atoms. The third-order valence-electron chi connectivity index (χ3n) is 6.45. The number of amides is 2. The van der Waals surface area contributed by atoms with E-state index in [1.165, 1.54) is 23.1 Å². The number of rotatable bonds is 6. The van der Waals surface area contributed by atoms with Gasteiger partial charge >= 0.3 is 6.09 Å². The number of benzene rings is 2. The highest BCUT2D eigenvalue weighted by Gasteiger charge is 2.46. The fourth-order valence-corrected chi connectivity index (χ4v) is 6.38. The molecule has 1 aliphatic carbocycles. The van der Waals surface area contributed by atoms with E-state index in [-0.39, 0.29) is 42.0 Å². The van der Waals surface area contributed by atoms with Gasteiger partial charge in [0.15, 0.2) is 15.6 Å². The van der Waals surface area contributed by atoms with Gasteiger partial charge in [0.25, 0.3) is 5.91 Å². The van der Waals surface area contributed by atoms with Gasteiger partial charge < -0.3 is 15.0 Å². The lowest BCUT2D eigenvalue weighted by Gasteiger charge is -2.34. The van der Waals surface area contributed by atoms with Crippen molar-refractivity contribution in [1.29, 1.82) is 0 Å². The lowest BCUT2D eigenvalue weighted by molar-refractivity contribution is -0.120. The minimum Gasteiger partial charge on any atom is -0.444 e. The Kier molecular flexibility index (Phi) is 7.79. The predicted molar refractivity (Wildman–Crippen MR) is 141 cm³/mol. The third-order valence-corrected chi connectivity index (χ3v) is 8.49. The summed E-state index contributed by atoms with van der Waals surface area (Å²) < 4.78 is 58.5. The smallest absolute Gasteiger partial charge is 0.408 e. The number of Topliss-reactive ketones (excluding diaryl/α,β-unsaturated/α-hetero) is 1. The second-order valence-electron chi connectivity index (χ2n) is 11.0. The molecule has 210 valence electrons. The molecule has 12 heteroatoms.